The molecule has 0 radical (unpaired) electrons. The van der Waals surface area contributed by atoms with Gasteiger partial charge in [-0.2, -0.15) is 0 Å². The second-order valence-electron chi connectivity index (χ2n) is 5.86. The van der Waals surface area contributed by atoms with Gasteiger partial charge in [0.1, 0.15) is 5.60 Å². The quantitative estimate of drug-likeness (QED) is 0.776. The second-order valence-corrected chi connectivity index (χ2v) is 5.86. The van der Waals surface area contributed by atoms with E-state index in [1.54, 1.807) is 0 Å². The monoisotopic (exact) mass is 228 g/mol. The van der Waals surface area contributed by atoms with Crippen molar-refractivity contribution in [2.45, 2.75) is 58.6 Å². The van der Waals surface area contributed by atoms with Crippen molar-refractivity contribution < 1.29 is 9.53 Å². The van der Waals surface area contributed by atoms with Crippen molar-refractivity contribution in [2.24, 2.45) is 11.1 Å². The summed E-state index contributed by atoms with van der Waals surface area (Å²) in [7, 11) is 0. The summed E-state index contributed by atoms with van der Waals surface area (Å²) in [6.45, 7) is 8.21. The van der Waals surface area contributed by atoms with Gasteiger partial charge in [0.25, 0.3) is 0 Å². The van der Waals surface area contributed by atoms with Crippen molar-refractivity contribution in [1.82, 2.24) is 5.32 Å². The molecule has 4 heteroatoms. The van der Waals surface area contributed by atoms with E-state index >= 15 is 0 Å². The Bertz CT molecular complexity index is 252. The van der Waals surface area contributed by atoms with Gasteiger partial charge in [0, 0.05) is 18.0 Å². The van der Waals surface area contributed by atoms with Gasteiger partial charge in [-0.05, 0) is 40.5 Å². The molecule has 1 aliphatic rings. The zero-order valence-electron chi connectivity index (χ0n) is 10.8. The van der Waals surface area contributed by atoms with Gasteiger partial charge in [0.05, 0.1) is 0 Å². The lowest BCUT2D eigenvalue weighted by Gasteiger charge is -2.45. The summed E-state index contributed by atoms with van der Waals surface area (Å²) < 4.78 is 5.19. The molecule has 1 amide bonds. The number of carbonyl (C=O) groups is 1. The number of carbonyl (C=O) groups excluding carboxylic acids is 1. The number of alkyl carbamates (subject to hydrolysis) is 1. The summed E-state index contributed by atoms with van der Waals surface area (Å²) in [5, 5.41) is 2.82. The minimum atomic E-state index is -0.439. The van der Waals surface area contributed by atoms with Gasteiger partial charge in [-0.25, -0.2) is 4.79 Å². The molecule has 94 valence electrons. The maximum absolute atomic E-state index is 11.5. The number of rotatable bonds is 3. The highest BCUT2D eigenvalue weighted by atomic mass is 16.6. The van der Waals surface area contributed by atoms with Crippen LogP contribution in [0.1, 0.15) is 47.0 Å². The summed E-state index contributed by atoms with van der Waals surface area (Å²) in [6, 6.07) is 0.121. The third-order valence-corrected chi connectivity index (χ3v) is 3.30. The van der Waals surface area contributed by atoms with E-state index in [0.717, 1.165) is 12.8 Å². The Morgan fingerprint density at radius 3 is 2.38 bits per heavy atom. The molecule has 1 fully saturated rings. The molecule has 0 aromatic rings. The van der Waals surface area contributed by atoms with Gasteiger partial charge in [-0.15, -0.1) is 0 Å². The first kappa shape index (κ1) is 13.3. The van der Waals surface area contributed by atoms with E-state index in [0.29, 0.717) is 6.54 Å². The molecule has 0 bridgehead atoms. The number of amides is 1. The summed E-state index contributed by atoms with van der Waals surface area (Å²) >= 11 is 0. The highest BCUT2D eigenvalue weighted by molar-refractivity contribution is 5.67. The van der Waals surface area contributed by atoms with Crippen LogP contribution in [-0.4, -0.2) is 24.3 Å². The number of nitrogens with one attached hydrogen (secondary N) is 1. The highest BCUT2D eigenvalue weighted by Crippen LogP contribution is 2.42. The average Bonchev–Trinajstić information content (AvgIpc) is 1.97. The Labute approximate surface area is 97.9 Å². The Hall–Kier alpha value is -0.770. The minimum absolute atomic E-state index is 0.0942. The third-order valence-electron chi connectivity index (χ3n) is 3.30. The van der Waals surface area contributed by atoms with Crippen LogP contribution in [0.15, 0.2) is 0 Å². The fraction of sp³-hybridized carbons (Fsp3) is 0.917. The van der Waals surface area contributed by atoms with Crippen molar-refractivity contribution in [3.05, 3.63) is 0 Å². The number of ether oxygens (including phenoxy) is 1. The molecule has 0 saturated heterocycles. The largest absolute Gasteiger partial charge is 0.444 e. The first-order valence-electron chi connectivity index (χ1n) is 5.98. The maximum Gasteiger partial charge on any atom is 0.407 e. The van der Waals surface area contributed by atoms with Gasteiger partial charge >= 0.3 is 6.09 Å². The predicted octanol–water partition coefficient (Wildman–Crippen LogP) is 2.03. The van der Waals surface area contributed by atoms with Crippen LogP contribution in [0, 0.1) is 5.41 Å². The molecule has 0 heterocycles. The van der Waals surface area contributed by atoms with Gasteiger partial charge in [0.15, 0.2) is 0 Å². The van der Waals surface area contributed by atoms with Crippen LogP contribution in [0.25, 0.3) is 0 Å². The van der Waals surface area contributed by atoms with E-state index < -0.39 is 5.60 Å². The molecule has 1 atom stereocenters. The molecule has 4 nitrogen and oxygen atoms in total. The molecule has 1 saturated carbocycles. The summed E-state index contributed by atoms with van der Waals surface area (Å²) in [4.78, 5) is 11.5. The van der Waals surface area contributed by atoms with Crippen molar-refractivity contribution in [1.29, 1.82) is 0 Å². The van der Waals surface area contributed by atoms with Gasteiger partial charge in [0.2, 0.25) is 0 Å². The van der Waals surface area contributed by atoms with E-state index in [4.69, 9.17) is 10.5 Å². The fourth-order valence-corrected chi connectivity index (χ4v) is 1.99. The molecule has 16 heavy (non-hydrogen) atoms. The zero-order valence-corrected chi connectivity index (χ0v) is 10.8. The van der Waals surface area contributed by atoms with Crippen LogP contribution >= 0.6 is 0 Å². The normalized spacial score (nSPS) is 20.8. The smallest absolute Gasteiger partial charge is 0.407 e. The average molecular weight is 228 g/mol. The molecule has 0 aliphatic heterocycles. The Morgan fingerprint density at radius 2 is 2.06 bits per heavy atom. The zero-order chi connectivity index (χ0) is 12.4. The van der Waals surface area contributed by atoms with Crippen molar-refractivity contribution >= 4 is 6.09 Å². The number of nitrogens with two attached hydrogens (primary N) is 1. The Kier molecular flexibility index (Phi) is 3.84. The first-order chi connectivity index (χ1) is 7.25. The lowest BCUT2D eigenvalue weighted by atomic mass is 9.64. The predicted molar refractivity (Wildman–Crippen MR) is 64.2 cm³/mol. The SMILES string of the molecule is CC(N)C1(CNC(=O)OC(C)(C)C)CCC1. The van der Waals surface area contributed by atoms with Crippen LogP contribution in [0.5, 0.6) is 0 Å². The standard InChI is InChI=1S/C12H24N2O2/c1-9(13)12(6-5-7-12)8-14-10(15)16-11(2,3)4/h9H,5-8,13H2,1-4H3,(H,14,15). The van der Waals surface area contributed by atoms with Crippen LogP contribution in [0.4, 0.5) is 4.79 Å². The molecule has 3 N–H and O–H groups in total. The van der Waals surface area contributed by atoms with E-state index in [1.165, 1.54) is 6.42 Å². The minimum Gasteiger partial charge on any atom is -0.444 e. The van der Waals surface area contributed by atoms with E-state index in [9.17, 15) is 4.79 Å². The van der Waals surface area contributed by atoms with Crippen molar-refractivity contribution in [2.75, 3.05) is 6.54 Å². The molecular formula is C12H24N2O2. The fourth-order valence-electron chi connectivity index (χ4n) is 1.99. The van der Waals surface area contributed by atoms with E-state index in [2.05, 4.69) is 5.32 Å². The molecular weight excluding hydrogens is 204 g/mol. The van der Waals surface area contributed by atoms with E-state index in [1.807, 2.05) is 27.7 Å². The topological polar surface area (TPSA) is 64.3 Å². The molecule has 1 rings (SSSR count). The Balaban J connectivity index is 2.36. The first-order valence-corrected chi connectivity index (χ1v) is 5.98. The maximum atomic E-state index is 11.5. The van der Waals surface area contributed by atoms with Gasteiger partial charge in [-0.1, -0.05) is 6.42 Å². The molecule has 1 unspecified atom stereocenters. The molecule has 0 spiro atoms. The summed E-state index contributed by atoms with van der Waals surface area (Å²) in [6.07, 6.45) is 3.05. The number of hydrogen-bond acceptors (Lipinski definition) is 3. The van der Waals surface area contributed by atoms with E-state index in [-0.39, 0.29) is 17.6 Å². The third kappa shape index (κ3) is 3.37. The van der Waals surface area contributed by atoms with Gasteiger partial charge in [-0.3, -0.25) is 0 Å². The van der Waals surface area contributed by atoms with Crippen LogP contribution in [0.2, 0.25) is 0 Å². The number of hydrogen-bond donors (Lipinski definition) is 2. The molecule has 1 aliphatic carbocycles. The lowest BCUT2D eigenvalue weighted by molar-refractivity contribution is 0.0421. The molecule has 0 aromatic carbocycles. The van der Waals surface area contributed by atoms with Gasteiger partial charge < -0.3 is 15.8 Å². The Morgan fingerprint density at radius 1 is 1.50 bits per heavy atom. The summed E-state index contributed by atoms with van der Waals surface area (Å²) in [5.74, 6) is 0. The highest BCUT2D eigenvalue weighted by Gasteiger charge is 2.40. The van der Waals surface area contributed by atoms with Crippen LogP contribution < -0.4 is 11.1 Å². The molecule has 0 aromatic heterocycles. The summed E-state index contributed by atoms with van der Waals surface area (Å²) in [5.41, 5.74) is 5.61. The second kappa shape index (κ2) is 4.62. The lowest BCUT2D eigenvalue weighted by Crippen LogP contribution is -2.52. The van der Waals surface area contributed by atoms with Crippen molar-refractivity contribution in [3.8, 4) is 0 Å². The van der Waals surface area contributed by atoms with Crippen LogP contribution in [-0.2, 0) is 4.74 Å². The van der Waals surface area contributed by atoms with Crippen molar-refractivity contribution in [3.63, 3.8) is 0 Å². The van der Waals surface area contributed by atoms with Crippen LogP contribution in [0.3, 0.4) is 0 Å².